The fraction of sp³-hybridized carbons (Fsp3) is 0.518. The number of aromatic nitrogens is 1. The number of likely N-dealkylation sites (tertiary alicyclic amines) is 1. The van der Waals surface area contributed by atoms with Gasteiger partial charge >= 0.3 is 5.51 Å². The number of nitrogens with one attached hydrogen (secondary N) is 4. The van der Waals surface area contributed by atoms with E-state index in [1.54, 1.807) is 23.5 Å². The average molecular weight is 1660 g/mol. The van der Waals surface area contributed by atoms with Crippen molar-refractivity contribution in [2.24, 2.45) is 10.8 Å². The van der Waals surface area contributed by atoms with Gasteiger partial charge < -0.3 is 40.5 Å². The zero-order valence-electron chi connectivity index (χ0n) is 65.3. The summed E-state index contributed by atoms with van der Waals surface area (Å²) in [7, 11) is -11.0. The van der Waals surface area contributed by atoms with Crippen LogP contribution in [-0.2, 0) is 43.8 Å². The van der Waals surface area contributed by atoms with Gasteiger partial charge in [0.25, 0.3) is 25.8 Å². The summed E-state index contributed by atoms with van der Waals surface area (Å²) in [5, 5.41) is 20.5. The van der Waals surface area contributed by atoms with Crippen molar-refractivity contribution < 1.29 is 63.8 Å². The number of sulfonamides is 1. The number of amides is 5. The molecule has 5 aromatic carbocycles. The molecule has 4 aliphatic heterocycles. The normalized spacial score (nSPS) is 20.0. The van der Waals surface area contributed by atoms with Crippen LogP contribution in [0.1, 0.15) is 145 Å². The maximum absolute atomic E-state index is 14.4. The number of β-amino-alcohol motifs (C(OH)–C–C–N with tert-alkyl or cyclic N) is 1. The van der Waals surface area contributed by atoms with Gasteiger partial charge in [0, 0.05) is 144 Å². The summed E-state index contributed by atoms with van der Waals surface area (Å²) in [5.74, 6) is -1.58. The van der Waals surface area contributed by atoms with Gasteiger partial charge in [-0.2, -0.15) is 13.2 Å². The second kappa shape index (κ2) is 38.5. The van der Waals surface area contributed by atoms with Gasteiger partial charge in [0.2, 0.25) is 23.6 Å². The Morgan fingerprint density at radius 3 is 2.08 bits per heavy atom. The highest BCUT2D eigenvalue weighted by Crippen LogP contribution is 2.45. The number of nitrogens with zero attached hydrogens (tertiary/aromatic N) is 7. The molecule has 0 spiro atoms. The van der Waals surface area contributed by atoms with Crippen LogP contribution < -0.4 is 25.6 Å². The van der Waals surface area contributed by atoms with E-state index in [1.807, 2.05) is 116 Å². The maximum atomic E-state index is 14.4. The molecule has 1 aromatic heterocycles. The number of thiazole rings is 1. The molecule has 6 aromatic rings. The van der Waals surface area contributed by atoms with Crippen molar-refractivity contribution in [2.75, 3.05) is 121 Å². The first-order chi connectivity index (χ1) is 53.8. The molecule has 5 heterocycles. The molecule has 5 N–H and O–H groups in total. The Kier molecular flexibility index (Phi) is 29.5. The van der Waals surface area contributed by atoms with Crippen LogP contribution in [-0.4, -0.2) is 221 Å². The van der Waals surface area contributed by atoms with Gasteiger partial charge in [0.05, 0.1) is 52.0 Å². The molecule has 5 amide bonds. The number of carbonyl (C=O) groups is 5. The molecule has 0 saturated carbocycles. The number of piperazine rings is 2. The number of ether oxygens (including phenoxy) is 1. The van der Waals surface area contributed by atoms with Crippen molar-refractivity contribution in [3.63, 3.8) is 0 Å². The van der Waals surface area contributed by atoms with E-state index in [0.29, 0.717) is 95.1 Å². The number of halogens is 4. The van der Waals surface area contributed by atoms with E-state index in [-0.39, 0.29) is 54.1 Å². The summed E-state index contributed by atoms with van der Waals surface area (Å²) in [6.45, 7) is 22.1. The average Bonchev–Trinajstić information content (AvgIpc) is 1.20. The standard InChI is InChI=1S/C83H107ClF3N11O11S4/c1-57(59-19-21-61(22-20-59)76-58(2)88-56-111-76)89-79(103)72-49-67(99)53-98(72)80(104)77(81(3,4)5)91-74(100)17-13-8-7-9-14-18-75(101)97-43-39-95(40-44-97)55-82(6)35-33-70(60-23-27-64(84)28-24-60)63(51-82)52-94-37-41-96(42-38-94)66-29-25-62(26-30-66)78(102)92-113(107,108)69-31-32-71(73(50-69)112(105,106)83(85,86)87)90-65(34-36-93-45-47-109-48-46-93)54-110-68-15-11-10-12-16-68/h10-12,15-16,19-32,50,56-57,65,67,72,77,90,99H,7-9,13-14,17-18,33-49,51-55H2,1-6H3,(H,89,103)(H,91,100)(H,92,102)/t57-,65+,67+,72-,77+,82?/m0/s1. The Bertz CT molecular complexity index is 4520. The minimum Gasteiger partial charge on any atom is -0.391 e. The number of hydrogen-bond donors (Lipinski definition) is 5. The molecule has 113 heavy (non-hydrogen) atoms. The summed E-state index contributed by atoms with van der Waals surface area (Å²) in [4.78, 5) is 85.7. The maximum Gasteiger partial charge on any atom is 0.501 e. The van der Waals surface area contributed by atoms with Crippen LogP contribution >= 0.6 is 34.7 Å². The predicted octanol–water partition coefficient (Wildman–Crippen LogP) is 12.5. The molecular weight excluding hydrogens is 1550 g/mol. The Morgan fingerprint density at radius 2 is 1.42 bits per heavy atom. The molecule has 6 atom stereocenters. The number of thioether (sulfide) groups is 1. The van der Waals surface area contributed by atoms with Crippen molar-refractivity contribution in [3.8, 4) is 10.4 Å². The second-order valence-electron chi connectivity index (χ2n) is 31.9. The number of aliphatic hydroxyl groups excluding tert-OH is 1. The van der Waals surface area contributed by atoms with Crippen molar-refractivity contribution in [3.05, 3.63) is 160 Å². The largest absolute Gasteiger partial charge is 0.501 e. The number of aryl methyl sites for hydroxylation is 1. The van der Waals surface area contributed by atoms with Gasteiger partial charge in [-0.25, -0.2) is 26.5 Å². The second-order valence-corrected chi connectivity index (χ2v) is 37.9. The predicted molar refractivity (Wildman–Crippen MR) is 438 cm³/mol. The van der Waals surface area contributed by atoms with Gasteiger partial charge in [-0.3, -0.25) is 38.7 Å². The number of alkyl halides is 3. The Balaban J connectivity index is 0.611. The number of rotatable bonds is 32. The number of aliphatic hydroxyl groups is 1. The number of sulfone groups is 1. The summed E-state index contributed by atoms with van der Waals surface area (Å²) < 4.78 is 105. The van der Waals surface area contributed by atoms with Gasteiger partial charge in [-0.1, -0.05) is 119 Å². The third kappa shape index (κ3) is 23.2. The lowest BCUT2D eigenvalue weighted by Gasteiger charge is -2.44. The Labute approximate surface area is 676 Å². The van der Waals surface area contributed by atoms with Crippen molar-refractivity contribution in [1.82, 2.24) is 44.8 Å². The molecule has 11 rings (SSSR count). The van der Waals surface area contributed by atoms with Crippen LogP contribution in [0.4, 0.5) is 24.5 Å². The molecule has 4 fully saturated rings. The van der Waals surface area contributed by atoms with Gasteiger partial charge in [-0.15, -0.1) is 23.1 Å². The third-order valence-electron chi connectivity index (χ3n) is 22.2. The Morgan fingerprint density at radius 1 is 0.770 bits per heavy atom. The van der Waals surface area contributed by atoms with Gasteiger partial charge in [-0.05, 0) is 152 Å². The molecule has 22 nitrogen and oxygen atoms in total. The van der Waals surface area contributed by atoms with Crippen LogP contribution in [0, 0.1) is 17.8 Å². The van der Waals surface area contributed by atoms with E-state index >= 15 is 0 Å². The van der Waals surface area contributed by atoms with Gasteiger partial charge in [0.15, 0.2) is 0 Å². The molecule has 0 bridgehead atoms. The fourth-order valence-corrected chi connectivity index (χ4v) is 19.7. The van der Waals surface area contributed by atoms with E-state index in [2.05, 4.69) is 59.6 Å². The monoisotopic (exact) mass is 1650 g/mol. The third-order valence-corrected chi connectivity index (χ3v) is 27.5. The molecule has 1 unspecified atom stereocenters. The number of morpholine rings is 1. The zero-order chi connectivity index (χ0) is 80.8. The van der Waals surface area contributed by atoms with Crippen molar-refractivity contribution in [2.45, 2.75) is 169 Å². The van der Waals surface area contributed by atoms with Crippen LogP contribution in [0.15, 0.2) is 147 Å². The molecule has 0 radical (unpaired) electrons. The first-order valence-corrected chi connectivity index (χ1v) is 44.4. The number of hydrogen-bond acceptors (Lipinski definition) is 19. The highest BCUT2D eigenvalue weighted by molar-refractivity contribution is 7.99. The van der Waals surface area contributed by atoms with E-state index < -0.39 is 82.3 Å². The molecule has 1 aliphatic carbocycles. The lowest BCUT2D eigenvalue weighted by atomic mass is 9.71. The van der Waals surface area contributed by atoms with E-state index in [4.69, 9.17) is 16.3 Å². The fourth-order valence-electron chi connectivity index (χ4n) is 15.7. The number of unbranched alkanes of at least 4 members (excludes halogenated alkanes) is 4. The molecule has 612 valence electrons. The van der Waals surface area contributed by atoms with Crippen LogP contribution in [0.2, 0.25) is 5.02 Å². The van der Waals surface area contributed by atoms with Gasteiger partial charge in [0.1, 0.15) is 17.0 Å². The number of benzene rings is 5. The minimum atomic E-state index is -6.11. The number of allylic oxidation sites excluding steroid dienone is 1. The highest BCUT2D eigenvalue weighted by Gasteiger charge is 2.49. The molecular formula is C83H107ClF3N11O11S4. The minimum absolute atomic E-state index is 0.0135. The first-order valence-electron chi connectivity index (χ1n) is 39.2. The van der Waals surface area contributed by atoms with Crippen LogP contribution in [0.3, 0.4) is 0 Å². The zero-order valence-corrected chi connectivity index (χ0v) is 69.3. The van der Waals surface area contributed by atoms with Crippen molar-refractivity contribution >= 4 is 101 Å². The lowest BCUT2D eigenvalue weighted by Crippen LogP contribution is -2.57. The smallest absolute Gasteiger partial charge is 0.391 e. The Hall–Kier alpha value is -7.45. The summed E-state index contributed by atoms with van der Waals surface area (Å²) in [6, 6.07) is 31.4. The molecule has 4 saturated heterocycles. The quantitative estimate of drug-likeness (QED) is 0.0194. The molecule has 5 aliphatic rings. The van der Waals surface area contributed by atoms with Crippen molar-refractivity contribution in [1.29, 1.82) is 0 Å². The summed E-state index contributed by atoms with van der Waals surface area (Å²) in [5.41, 5.74) is 2.43. The summed E-state index contributed by atoms with van der Waals surface area (Å²) >= 11 is 9.41. The first kappa shape index (κ1) is 86.4. The van der Waals surface area contributed by atoms with Crippen LogP contribution in [0.5, 0.6) is 0 Å². The molecule has 30 heteroatoms. The van der Waals surface area contributed by atoms with E-state index in [0.717, 1.165) is 134 Å². The number of carbonyl (C=O) groups excluding carboxylic acids is 5. The topological polar surface area (TPSA) is 264 Å². The number of anilines is 2. The summed E-state index contributed by atoms with van der Waals surface area (Å²) in [6.07, 6.45) is 6.95. The van der Waals surface area contributed by atoms with E-state index in [9.17, 15) is 59.1 Å². The van der Waals surface area contributed by atoms with Crippen LogP contribution in [0.25, 0.3) is 16.0 Å². The SMILES string of the molecule is Cc1ncsc1-c1ccc([C@H](C)NC(=O)[C@@H]2C[C@@H](O)CN2C(=O)[C@@H](NC(=O)CCCCCCCC(=O)N2CCN(CC3(C)CCC(c4ccc(Cl)cc4)=C(CN4CCN(c5ccc(C(=O)NS(=O)(=O)c6ccc(N[C@H](CCN7CCOCC7)CSc7ccccc7)c(S(=O)(=O)C(F)(F)F)c6)cc5)CC4)C3)CC2)C(C)(C)C)cc1. The van der Waals surface area contributed by atoms with E-state index in [1.165, 1.54) is 39.9 Å². The highest BCUT2D eigenvalue weighted by atomic mass is 35.5. The lowest BCUT2D eigenvalue weighted by molar-refractivity contribution is -0.144.